The van der Waals surface area contributed by atoms with Crippen LogP contribution < -0.4 is 15.5 Å². The van der Waals surface area contributed by atoms with Crippen molar-refractivity contribution in [1.29, 1.82) is 0 Å². The van der Waals surface area contributed by atoms with Crippen LogP contribution in [0.3, 0.4) is 0 Å². The summed E-state index contributed by atoms with van der Waals surface area (Å²) in [6, 6.07) is 7.87. The highest BCUT2D eigenvalue weighted by atomic mass is 32.1. The maximum atomic E-state index is 12.3. The van der Waals surface area contributed by atoms with E-state index in [9.17, 15) is 4.79 Å². The molecule has 1 fully saturated rings. The lowest BCUT2D eigenvalue weighted by molar-refractivity contribution is -0.935. The summed E-state index contributed by atoms with van der Waals surface area (Å²) < 4.78 is 0. The SMILES string of the molecule is Cc1ccc(NC(=O)Cc2nc(C[NH2+]CC3([NH+](C)C)CCCCC3)cs2)cc1. The van der Waals surface area contributed by atoms with Gasteiger partial charge in [-0.25, -0.2) is 4.98 Å². The Kier molecular flexibility index (Phi) is 7.21. The predicted molar refractivity (Wildman–Crippen MR) is 115 cm³/mol. The number of carbonyl (C=O) groups is 1. The zero-order valence-corrected chi connectivity index (χ0v) is 18.2. The first-order chi connectivity index (χ1) is 13.5. The lowest BCUT2D eigenvalue weighted by Crippen LogP contribution is -3.19. The van der Waals surface area contributed by atoms with Crippen LogP contribution in [0.15, 0.2) is 29.6 Å². The van der Waals surface area contributed by atoms with Gasteiger partial charge in [0.2, 0.25) is 5.91 Å². The van der Waals surface area contributed by atoms with Crippen molar-refractivity contribution in [2.45, 2.75) is 57.5 Å². The summed E-state index contributed by atoms with van der Waals surface area (Å²) in [5, 5.41) is 8.34. The van der Waals surface area contributed by atoms with E-state index in [2.05, 4.69) is 35.1 Å². The Bertz CT molecular complexity index is 763. The molecular weight excluding hydrogens is 368 g/mol. The minimum absolute atomic E-state index is 0.00824. The van der Waals surface area contributed by atoms with Crippen molar-refractivity contribution in [2.24, 2.45) is 0 Å². The second kappa shape index (κ2) is 9.63. The van der Waals surface area contributed by atoms with Gasteiger partial charge in [0.1, 0.15) is 29.3 Å². The van der Waals surface area contributed by atoms with Gasteiger partial charge in [-0.3, -0.25) is 4.79 Å². The van der Waals surface area contributed by atoms with E-state index in [-0.39, 0.29) is 5.91 Å². The van der Waals surface area contributed by atoms with E-state index in [4.69, 9.17) is 0 Å². The van der Waals surface area contributed by atoms with Gasteiger partial charge in [-0.15, -0.1) is 11.3 Å². The van der Waals surface area contributed by atoms with Gasteiger partial charge in [0, 0.05) is 23.9 Å². The number of carbonyl (C=O) groups excluding carboxylic acids is 1. The molecule has 1 amide bonds. The van der Waals surface area contributed by atoms with Gasteiger partial charge in [0.25, 0.3) is 0 Å². The number of amides is 1. The third-order valence-corrected chi connectivity index (χ3v) is 6.90. The van der Waals surface area contributed by atoms with E-state index in [1.807, 2.05) is 31.2 Å². The van der Waals surface area contributed by atoms with Crippen molar-refractivity contribution < 1.29 is 15.0 Å². The highest BCUT2D eigenvalue weighted by molar-refractivity contribution is 7.09. The molecule has 28 heavy (non-hydrogen) atoms. The first-order valence-corrected chi connectivity index (χ1v) is 11.3. The highest BCUT2D eigenvalue weighted by Gasteiger charge is 2.39. The van der Waals surface area contributed by atoms with Crippen molar-refractivity contribution in [2.75, 3.05) is 26.0 Å². The Morgan fingerprint density at radius 2 is 1.93 bits per heavy atom. The topological polar surface area (TPSA) is 63.0 Å². The zero-order chi connectivity index (χ0) is 20.0. The molecular formula is C22H34N4OS+2. The molecule has 0 atom stereocenters. The lowest BCUT2D eigenvalue weighted by atomic mass is 9.80. The van der Waals surface area contributed by atoms with Gasteiger partial charge >= 0.3 is 0 Å². The van der Waals surface area contributed by atoms with Crippen molar-refractivity contribution in [3.8, 4) is 0 Å². The third-order valence-electron chi connectivity index (χ3n) is 6.01. The molecule has 0 aliphatic heterocycles. The highest BCUT2D eigenvalue weighted by Crippen LogP contribution is 2.24. The van der Waals surface area contributed by atoms with E-state index < -0.39 is 0 Å². The molecule has 5 nitrogen and oxygen atoms in total. The van der Waals surface area contributed by atoms with Crippen LogP contribution in [0.5, 0.6) is 0 Å². The molecule has 1 aromatic heterocycles. The van der Waals surface area contributed by atoms with Crippen LogP contribution in [0, 0.1) is 6.92 Å². The van der Waals surface area contributed by atoms with Crippen molar-refractivity contribution in [1.82, 2.24) is 4.98 Å². The minimum atomic E-state index is -0.00824. The van der Waals surface area contributed by atoms with Crippen LogP contribution in [0.4, 0.5) is 5.69 Å². The van der Waals surface area contributed by atoms with Crippen LogP contribution in [0.25, 0.3) is 0 Å². The number of rotatable bonds is 8. The zero-order valence-electron chi connectivity index (χ0n) is 17.4. The summed E-state index contributed by atoms with van der Waals surface area (Å²) in [6.07, 6.45) is 7.09. The first-order valence-electron chi connectivity index (χ1n) is 10.4. The Morgan fingerprint density at radius 1 is 1.21 bits per heavy atom. The molecule has 2 aromatic rings. The fourth-order valence-electron chi connectivity index (χ4n) is 4.14. The fraction of sp³-hybridized carbons (Fsp3) is 0.545. The summed E-state index contributed by atoms with van der Waals surface area (Å²) in [6.45, 7) is 4.08. The summed E-state index contributed by atoms with van der Waals surface area (Å²) in [5.74, 6) is -0.00824. The Balaban J connectivity index is 1.47. The van der Waals surface area contributed by atoms with Crippen molar-refractivity contribution in [3.05, 3.63) is 45.9 Å². The first kappa shape index (κ1) is 21.0. The number of likely N-dealkylation sites (N-methyl/N-ethyl adjacent to an activating group) is 1. The number of aryl methyl sites for hydroxylation is 1. The van der Waals surface area contributed by atoms with Gasteiger partial charge in [-0.1, -0.05) is 24.1 Å². The van der Waals surface area contributed by atoms with E-state index in [0.29, 0.717) is 12.0 Å². The molecule has 0 unspecified atom stereocenters. The monoisotopic (exact) mass is 402 g/mol. The number of benzene rings is 1. The number of aromatic nitrogens is 1. The smallest absolute Gasteiger partial charge is 0.231 e. The standard InChI is InChI=1S/C22H32N4OS/c1-17-7-9-18(10-8-17)24-20(27)13-21-25-19(15-28-21)14-23-16-22(26(2)3)11-5-4-6-12-22/h7-10,15,23H,4-6,11-14,16H2,1-3H3,(H,24,27)/p+2. The number of nitrogens with two attached hydrogens (primary N) is 1. The normalized spacial score (nSPS) is 16.3. The number of hydrogen-bond donors (Lipinski definition) is 3. The maximum Gasteiger partial charge on any atom is 0.231 e. The lowest BCUT2D eigenvalue weighted by Gasteiger charge is -2.38. The molecule has 1 heterocycles. The summed E-state index contributed by atoms with van der Waals surface area (Å²) >= 11 is 1.59. The second-order valence-electron chi connectivity index (χ2n) is 8.36. The average Bonchev–Trinajstić information content (AvgIpc) is 3.11. The minimum Gasteiger partial charge on any atom is -0.336 e. The fourth-order valence-corrected chi connectivity index (χ4v) is 4.94. The molecule has 3 rings (SSSR count). The molecule has 6 heteroatoms. The number of thiazole rings is 1. The molecule has 0 radical (unpaired) electrons. The number of quaternary nitrogens is 2. The maximum absolute atomic E-state index is 12.3. The van der Waals surface area contributed by atoms with Crippen molar-refractivity contribution in [3.63, 3.8) is 0 Å². The Labute approximate surface area is 172 Å². The molecule has 1 aliphatic rings. The number of hydrogen-bond acceptors (Lipinski definition) is 3. The number of anilines is 1. The Hall–Kier alpha value is -1.76. The summed E-state index contributed by atoms with van der Waals surface area (Å²) in [4.78, 5) is 18.5. The molecule has 1 aliphatic carbocycles. The van der Waals surface area contributed by atoms with E-state index in [1.54, 1.807) is 16.2 Å². The number of nitrogens with one attached hydrogen (secondary N) is 2. The van der Waals surface area contributed by atoms with Crippen molar-refractivity contribution >= 4 is 22.9 Å². The molecule has 0 spiro atoms. The van der Waals surface area contributed by atoms with Crippen LogP contribution >= 0.6 is 11.3 Å². The molecule has 4 N–H and O–H groups in total. The van der Waals surface area contributed by atoms with Crippen LogP contribution in [-0.4, -0.2) is 37.1 Å². The van der Waals surface area contributed by atoms with Gasteiger partial charge in [0.15, 0.2) is 0 Å². The van der Waals surface area contributed by atoms with Crippen LogP contribution in [0.2, 0.25) is 0 Å². The van der Waals surface area contributed by atoms with Gasteiger partial charge < -0.3 is 15.5 Å². The average molecular weight is 403 g/mol. The van der Waals surface area contributed by atoms with Gasteiger partial charge in [-0.05, 0) is 31.9 Å². The van der Waals surface area contributed by atoms with Gasteiger partial charge in [-0.2, -0.15) is 0 Å². The van der Waals surface area contributed by atoms with E-state index in [0.717, 1.165) is 29.5 Å². The molecule has 1 aromatic carbocycles. The Morgan fingerprint density at radius 3 is 2.61 bits per heavy atom. The van der Waals surface area contributed by atoms with Gasteiger partial charge in [0.05, 0.1) is 20.5 Å². The molecule has 1 saturated carbocycles. The second-order valence-corrected chi connectivity index (χ2v) is 9.30. The van der Waals surface area contributed by atoms with Crippen LogP contribution in [-0.2, 0) is 17.8 Å². The van der Waals surface area contributed by atoms with E-state index >= 15 is 0 Å². The molecule has 152 valence electrons. The number of nitrogens with zero attached hydrogens (tertiary/aromatic N) is 1. The predicted octanol–water partition coefficient (Wildman–Crippen LogP) is 1.54. The third kappa shape index (κ3) is 5.63. The summed E-state index contributed by atoms with van der Waals surface area (Å²) in [5.41, 5.74) is 3.52. The summed E-state index contributed by atoms with van der Waals surface area (Å²) in [7, 11) is 4.60. The van der Waals surface area contributed by atoms with E-state index in [1.165, 1.54) is 37.7 Å². The molecule has 0 saturated heterocycles. The molecule has 0 bridgehead atoms. The largest absolute Gasteiger partial charge is 0.336 e. The van der Waals surface area contributed by atoms with Crippen LogP contribution in [0.1, 0.15) is 48.4 Å². The quantitative estimate of drug-likeness (QED) is 0.627.